The monoisotopic (exact) mass is 395 g/mol. The molecule has 1 rings (SSSR count). The zero-order valence-corrected chi connectivity index (χ0v) is 13.2. The van der Waals surface area contributed by atoms with E-state index in [-0.39, 0.29) is 9.04 Å². The zero-order chi connectivity index (χ0) is 11.6. The summed E-state index contributed by atoms with van der Waals surface area (Å²) in [6.45, 7) is 2.20. The number of thiophene rings is 1. The summed E-state index contributed by atoms with van der Waals surface area (Å²) in [5.74, 6) is 0. The van der Waals surface area contributed by atoms with Crippen LogP contribution in [0.25, 0.3) is 0 Å². The van der Waals surface area contributed by atoms with Crippen LogP contribution < -0.4 is 4.72 Å². The van der Waals surface area contributed by atoms with Crippen molar-refractivity contribution in [2.75, 3.05) is 6.54 Å². The molecule has 0 fully saturated rings. The maximum atomic E-state index is 11.7. The molecular formula is C7H8Br2ClNO2S2. The third kappa shape index (κ3) is 3.98. The first-order valence-electron chi connectivity index (χ1n) is 3.91. The fraction of sp³-hybridized carbons (Fsp3) is 0.429. The van der Waals surface area contributed by atoms with E-state index in [1.165, 1.54) is 6.07 Å². The van der Waals surface area contributed by atoms with Crippen molar-refractivity contribution in [2.45, 2.75) is 16.0 Å². The molecule has 0 aliphatic heterocycles. The first kappa shape index (κ1) is 13.9. The molecule has 0 aromatic carbocycles. The Morgan fingerprint density at radius 3 is 2.67 bits per heavy atom. The fourth-order valence-electron chi connectivity index (χ4n) is 0.755. The first-order valence-corrected chi connectivity index (χ1v) is 8.30. The van der Waals surface area contributed by atoms with Crippen molar-refractivity contribution in [3.8, 4) is 0 Å². The molecule has 0 saturated carbocycles. The molecular weight excluding hydrogens is 389 g/mol. The van der Waals surface area contributed by atoms with Crippen LogP contribution in [0.15, 0.2) is 14.1 Å². The van der Waals surface area contributed by atoms with Crippen molar-refractivity contribution in [3.63, 3.8) is 0 Å². The van der Waals surface area contributed by atoms with Gasteiger partial charge in [0.2, 0.25) is 10.0 Å². The molecule has 0 aliphatic rings. The average molecular weight is 398 g/mol. The maximum absolute atomic E-state index is 11.7. The van der Waals surface area contributed by atoms with Gasteiger partial charge in [0.25, 0.3) is 0 Å². The lowest BCUT2D eigenvalue weighted by Gasteiger charge is -2.05. The van der Waals surface area contributed by atoms with Crippen LogP contribution in [0.1, 0.15) is 6.92 Å². The minimum absolute atomic E-state index is 0.0890. The second kappa shape index (κ2) is 5.46. The van der Waals surface area contributed by atoms with Crippen LogP contribution in [0.5, 0.6) is 0 Å². The van der Waals surface area contributed by atoms with Crippen molar-refractivity contribution < 1.29 is 8.42 Å². The first-order chi connectivity index (χ1) is 6.83. The number of nitrogens with one attached hydrogen (secondary N) is 1. The van der Waals surface area contributed by atoms with Crippen LogP contribution in [0.3, 0.4) is 0 Å². The Balaban J connectivity index is 2.87. The highest BCUT2D eigenvalue weighted by Gasteiger charge is 2.18. The van der Waals surface area contributed by atoms with E-state index >= 15 is 0 Å². The van der Waals surface area contributed by atoms with Gasteiger partial charge in [-0.05, 0) is 22.0 Å². The van der Waals surface area contributed by atoms with Crippen LogP contribution in [0.4, 0.5) is 0 Å². The molecule has 0 radical (unpaired) electrons. The van der Waals surface area contributed by atoms with Crippen LogP contribution in [-0.4, -0.2) is 19.8 Å². The molecule has 86 valence electrons. The Labute approximate surface area is 115 Å². The van der Waals surface area contributed by atoms with E-state index in [0.717, 1.165) is 11.3 Å². The Morgan fingerprint density at radius 2 is 2.27 bits per heavy atom. The Hall–Kier alpha value is 0.860. The van der Waals surface area contributed by atoms with Crippen LogP contribution in [0.2, 0.25) is 5.02 Å². The number of halogens is 3. The van der Waals surface area contributed by atoms with Gasteiger partial charge in [0, 0.05) is 11.4 Å². The van der Waals surface area contributed by atoms with E-state index in [9.17, 15) is 8.42 Å². The zero-order valence-electron chi connectivity index (χ0n) is 7.63. The van der Waals surface area contributed by atoms with Gasteiger partial charge < -0.3 is 0 Å². The molecule has 1 heterocycles. The van der Waals surface area contributed by atoms with Gasteiger partial charge in [0.15, 0.2) is 0 Å². The van der Waals surface area contributed by atoms with Crippen LogP contribution in [0, 0.1) is 0 Å². The number of sulfonamides is 1. The highest BCUT2D eigenvalue weighted by molar-refractivity contribution is 9.11. The van der Waals surface area contributed by atoms with E-state index in [1.807, 2.05) is 6.92 Å². The highest BCUT2D eigenvalue weighted by atomic mass is 79.9. The number of rotatable bonds is 4. The predicted molar refractivity (Wildman–Crippen MR) is 70.6 cm³/mol. The lowest BCUT2D eigenvalue weighted by Crippen LogP contribution is -2.27. The summed E-state index contributed by atoms with van der Waals surface area (Å²) in [6, 6.07) is 1.43. The normalized spacial score (nSPS) is 14.1. The summed E-state index contributed by atoms with van der Waals surface area (Å²) in [6.07, 6.45) is 0. The number of alkyl halides is 1. The standard InChI is InChI=1S/C7H8Br2ClNO2S2/c1-4(8)3-11-15(12,13)6-2-5(10)7(9)14-6/h2,4,11H,3H2,1H3. The number of hydrogen-bond donors (Lipinski definition) is 1. The second-order valence-corrected chi connectivity index (χ2v) is 9.15. The SMILES string of the molecule is CC(Br)CNS(=O)(=O)c1cc(Cl)c(Br)s1. The Kier molecular flexibility index (Phi) is 5.07. The van der Waals surface area contributed by atoms with Gasteiger partial charge >= 0.3 is 0 Å². The van der Waals surface area contributed by atoms with E-state index < -0.39 is 10.0 Å². The maximum Gasteiger partial charge on any atom is 0.250 e. The quantitative estimate of drug-likeness (QED) is 0.793. The smallest absolute Gasteiger partial charge is 0.209 e. The van der Waals surface area contributed by atoms with Gasteiger partial charge in [0.1, 0.15) is 4.21 Å². The van der Waals surface area contributed by atoms with Crippen molar-refractivity contribution in [2.24, 2.45) is 0 Å². The molecule has 0 amide bonds. The molecule has 3 nitrogen and oxygen atoms in total. The van der Waals surface area contributed by atoms with E-state index in [4.69, 9.17) is 11.6 Å². The molecule has 1 aromatic rings. The molecule has 0 aliphatic carbocycles. The Bertz CT molecular complexity index is 424. The molecule has 0 saturated heterocycles. The topological polar surface area (TPSA) is 46.2 Å². The van der Waals surface area contributed by atoms with Crippen LogP contribution >= 0.6 is 54.8 Å². The van der Waals surface area contributed by atoms with Crippen molar-refractivity contribution in [1.82, 2.24) is 4.72 Å². The van der Waals surface area contributed by atoms with Gasteiger partial charge in [-0.3, -0.25) is 0 Å². The molecule has 0 bridgehead atoms. The van der Waals surface area contributed by atoms with Crippen molar-refractivity contribution in [1.29, 1.82) is 0 Å². The number of hydrogen-bond acceptors (Lipinski definition) is 3. The Morgan fingerprint density at radius 1 is 1.67 bits per heavy atom. The average Bonchev–Trinajstić information content (AvgIpc) is 2.45. The lowest BCUT2D eigenvalue weighted by atomic mass is 10.5. The van der Waals surface area contributed by atoms with Gasteiger partial charge in [0.05, 0.1) is 8.81 Å². The summed E-state index contributed by atoms with van der Waals surface area (Å²) in [5, 5.41) is 0.410. The lowest BCUT2D eigenvalue weighted by molar-refractivity contribution is 0.584. The molecule has 1 N–H and O–H groups in total. The molecule has 0 spiro atoms. The molecule has 1 unspecified atom stereocenters. The van der Waals surface area contributed by atoms with Gasteiger partial charge in [-0.2, -0.15) is 0 Å². The third-order valence-electron chi connectivity index (χ3n) is 1.44. The van der Waals surface area contributed by atoms with Crippen molar-refractivity contribution in [3.05, 3.63) is 14.9 Å². The van der Waals surface area contributed by atoms with E-state index in [2.05, 4.69) is 36.6 Å². The molecule has 8 heteroatoms. The van der Waals surface area contributed by atoms with Crippen LogP contribution in [-0.2, 0) is 10.0 Å². The van der Waals surface area contributed by atoms with Gasteiger partial charge in [-0.15, -0.1) is 11.3 Å². The van der Waals surface area contributed by atoms with Gasteiger partial charge in [-0.1, -0.05) is 34.5 Å². The minimum Gasteiger partial charge on any atom is -0.209 e. The summed E-state index contributed by atoms with van der Waals surface area (Å²) in [5.41, 5.74) is 0. The summed E-state index contributed by atoms with van der Waals surface area (Å²) in [4.78, 5) is 0.0890. The molecule has 1 aromatic heterocycles. The molecule has 1 atom stereocenters. The summed E-state index contributed by atoms with van der Waals surface area (Å²) >= 11 is 13.3. The van der Waals surface area contributed by atoms with Gasteiger partial charge in [-0.25, -0.2) is 13.1 Å². The third-order valence-corrected chi connectivity index (χ3v) is 6.14. The predicted octanol–water partition coefficient (Wildman–Crippen LogP) is 3.23. The van der Waals surface area contributed by atoms with E-state index in [0.29, 0.717) is 15.4 Å². The highest BCUT2D eigenvalue weighted by Crippen LogP contribution is 2.34. The minimum atomic E-state index is -3.43. The summed E-state index contributed by atoms with van der Waals surface area (Å²) < 4.78 is 26.7. The largest absolute Gasteiger partial charge is 0.250 e. The molecule has 15 heavy (non-hydrogen) atoms. The van der Waals surface area contributed by atoms with Crippen molar-refractivity contribution >= 4 is 64.8 Å². The van der Waals surface area contributed by atoms with E-state index in [1.54, 1.807) is 0 Å². The second-order valence-electron chi connectivity index (χ2n) is 2.82. The summed E-state index contributed by atoms with van der Waals surface area (Å²) in [7, 11) is -3.43. The fourth-order valence-corrected chi connectivity index (χ4v) is 4.70.